The standard InChI is InChI=1S/C16H22FIN2O3/c1-16(2,3)23-15(21)20-7-5-19(6-8-20)13-10-14(22-4)12(18)9-11(13)17/h9-10H,5-8H2,1-4H3. The Balaban J connectivity index is 2.03. The minimum Gasteiger partial charge on any atom is -0.496 e. The molecule has 1 aliphatic heterocycles. The lowest BCUT2D eigenvalue weighted by Crippen LogP contribution is -2.50. The van der Waals surface area contributed by atoms with Crippen molar-refractivity contribution in [3.05, 3.63) is 21.5 Å². The molecule has 1 aromatic carbocycles. The van der Waals surface area contributed by atoms with Crippen molar-refractivity contribution in [2.75, 3.05) is 38.2 Å². The van der Waals surface area contributed by atoms with Crippen LogP contribution in [-0.2, 0) is 4.74 Å². The third-order valence-electron chi connectivity index (χ3n) is 3.49. The van der Waals surface area contributed by atoms with Gasteiger partial charge in [0, 0.05) is 32.2 Å². The number of amides is 1. The van der Waals surface area contributed by atoms with E-state index in [4.69, 9.17) is 9.47 Å². The molecule has 23 heavy (non-hydrogen) atoms. The summed E-state index contributed by atoms with van der Waals surface area (Å²) in [5.41, 5.74) is -0.00446. The molecule has 0 N–H and O–H groups in total. The lowest BCUT2D eigenvalue weighted by atomic mass is 10.2. The second kappa shape index (κ2) is 7.11. The topological polar surface area (TPSA) is 42.0 Å². The van der Waals surface area contributed by atoms with E-state index in [0.717, 1.165) is 3.57 Å². The van der Waals surface area contributed by atoms with Gasteiger partial charge in [0.2, 0.25) is 0 Å². The maximum Gasteiger partial charge on any atom is 0.410 e. The number of halogens is 2. The van der Waals surface area contributed by atoms with Crippen molar-refractivity contribution in [2.24, 2.45) is 0 Å². The van der Waals surface area contributed by atoms with Gasteiger partial charge in [-0.05, 0) is 49.4 Å². The summed E-state index contributed by atoms with van der Waals surface area (Å²) in [4.78, 5) is 15.6. The van der Waals surface area contributed by atoms with E-state index in [1.165, 1.54) is 6.07 Å². The van der Waals surface area contributed by atoms with E-state index < -0.39 is 5.60 Å². The van der Waals surface area contributed by atoms with Gasteiger partial charge >= 0.3 is 6.09 Å². The smallest absolute Gasteiger partial charge is 0.410 e. The van der Waals surface area contributed by atoms with Crippen LogP contribution in [0.3, 0.4) is 0 Å². The number of ether oxygens (including phenoxy) is 2. The zero-order valence-corrected chi connectivity index (χ0v) is 16.0. The minimum absolute atomic E-state index is 0.277. The Bertz CT molecular complexity index is 581. The van der Waals surface area contributed by atoms with Crippen molar-refractivity contribution < 1.29 is 18.7 Å². The van der Waals surface area contributed by atoms with Gasteiger partial charge in [0.25, 0.3) is 0 Å². The number of nitrogens with zero attached hydrogens (tertiary/aromatic N) is 2. The Morgan fingerprint density at radius 2 is 1.83 bits per heavy atom. The summed E-state index contributed by atoms with van der Waals surface area (Å²) in [5, 5.41) is 0. The van der Waals surface area contributed by atoms with Crippen molar-refractivity contribution in [3.63, 3.8) is 0 Å². The second-order valence-electron chi connectivity index (χ2n) is 6.39. The average Bonchev–Trinajstić information content (AvgIpc) is 2.46. The maximum atomic E-state index is 14.2. The van der Waals surface area contributed by atoms with Crippen molar-refractivity contribution in [2.45, 2.75) is 26.4 Å². The molecule has 0 aliphatic carbocycles. The molecule has 0 spiro atoms. The first-order valence-corrected chi connectivity index (χ1v) is 8.55. The van der Waals surface area contributed by atoms with Crippen molar-refractivity contribution in [1.29, 1.82) is 0 Å². The van der Waals surface area contributed by atoms with Crippen molar-refractivity contribution in [3.8, 4) is 5.75 Å². The second-order valence-corrected chi connectivity index (χ2v) is 7.55. The highest BCUT2D eigenvalue weighted by Gasteiger charge is 2.27. The summed E-state index contributed by atoms with van der Waals surface area (Å²) in [6.07, 6.45) is -0.321. The minimum atomic E-state index is -0.510. The van der Waals surface area contributed by atoms with Crippen LogP contribution in [0.5, 0.6) is 5.75 Å². The summed E-state index contributed by atoms with van der Waals surface area (Å²) < 4.78 is 25.6. The molecule has 128 valence electrons. The van der Waals surface area contributed by atoms with Crippen LogP contribution in [0.15, 0.2) is 12.1 Å². The van der Waals surface area contributed by atoms with Crippen LogP contribution < -0.4 is 9.64 Å². The molecule has 1 heterocycles. The molecule has 0 saturated carbocycles. The molecular weight excluding hydrogens is 414 g/mol. The van der Waals surface area contributed by atoms with E-state index >= 15 is 0 Å². The number of piperazine rings is 1. The molecule has 0 atom stereocenters. The number of methoxy groups -OCH3 is 1. The Kier molecular flexibility index (Phi) is 5.59. The Morgan fingerprint density at radius 3 is 2.35 bits per heavy atom. The number of hydrogen-bond acceptors (Lipinski definition) is 4. The number of rotatable bonds is 2. The lowest BCUT2D eigenvalue weighted by molar-refractivity contribution is 0.0240. The first-order chi connectivity index (χ1) is 10.7. The predicted molar refractivity (Wildman–Crippen MR) is 95.7 cm³/mol. The summed E-state index contributed by atoms with van der Waals surface area (Å²) in [5.74, 6) is 0.373. The molecule has 1 aliphatic rings. The Morgan fingerprint density at radius 1 is 1.22 bits per heavy atom. The van der Waals surface area contributed by atoms with Crippen molar-refractivity contribution >= 4 is 34.4 Å². The molecule has 1 amide bonds. The van der Waals surface area contributed by atoms with Gasteiger partial charge in [0.05, 0.1) is 16.4 Å². The van der Waals surface area contributed by atoms with Gasteiger partial charge in [-0.1, -0.05) is 0 Å². The van der Waals surface area contributed by atoms with Crippen LogP contribution in [0.2, 0.25) is 0 Å². The normalized spacial score (nSPS) is 15.6. The van der Waals surface area contributed by atoms with E-state index in [1.807, 2.05) is 48.3 Å². The zero-order valence-electron chi connectivity index (χ0n) is 13.9. The van der Waals surface area contributed by atoms with E-state index in [-0.39, 0.29) is 11.9 Å². The molecule has 7 heteroatoms. The van der Waals surface area contributed by atoms with Gasteiger partial charge in [0.15, 0.2) is 0 Å². The first-order valence-electron chi connectivity index (χ1n) is 7.47. The molecule has 5 nitrogen and oxygen atoms in total. The molecule has 1 fully saturated rings. The number of carbonyl (C=O) groups is 1. The molecular formula is C16H22FIN2O3. The van der Waals surface area contributed by atoms with Crippen LogP contribution >= 0.6 is 22.6 Å². The average molecular weight is 436 g/mol. The zero-order chi connectivity index (χ0) is 17.2. The lowest BCUT2D eigenvalue weighted by Gasteiger charge is -2.37. The van der Waals surface area contributed by atoms with Gasteiger partial charge in [-0.25, -0.2) is 9.18 Å². The Labute approximate surface area is 149 Å². The predicted octanol–water partition coefficient (Wildman–Crippen LogP) is 3.50. The maximum absolute atomic E-state index is 14.2. The monoisotopic (exact) mass is 436 g/mol. The van der Waals surface area contributed by atoms with E-state index in [1.54, 1.807) is 18.1 Å². The largest absolute Gasteiger partial charge is 0.496 e. The van der Waals surface area contributed by atoms with Crippen LogP contribution in [0.1, 0.15) is 20.8 Å². The van der Waals surface area contributed by atoms with Crippen LogP contribution in [0, 0.1) is 9.39 Å². The fraction of sp³-hybridized carbons (Fsp3) is 0.562. The van der Waals surface area contributed by atoms with Gasteiger partial charge in [0.1, 0.15) is 17.2 Å². The SMILES string of the molecule is COc1cc(N2CCN(C(=O)OC(C)(C)C)CC2)c(F)cc1I. The molecule has 0 radical (unpaired) electrons. The van der Waals surface area contributed by atoms with E-state index in [9.17, 15) is 9.18 Å². The van der Waals surface area contributed by atoms with Gasteiger partial charge in [-0.3, -0.25) is 0 Å². The van der Waals surface area contributed by atoms with Gasteiger partial charge in [-0.2, -0.15) is 0 Å². The van der Waals surface area contributed by atoms with Crippen molar-refractivity contribution in [1.82, 2.24) is 4.90 Å². The fourth-order valence-corrected chi connectivity index (χ4v) is 3.02. The van der Waals surface area contributed by atoms with Crippen LogP contribution in [0.25, 0.3) is 0 Å². The number of benzene rings is 1. The molecule has 0 unspecified atom stereocenters. The Hall–Kier alpha value is -1.25. The molecule has 1 aromatic rings. The van der Waals surface area contributed by atoms with Gasteiger partial charge in [-0.15, -0.1) is 0 Å². The van der Waals surface area contributed by atoms with Gasteiger partial charge < -0.3 is 19.3 Å². The molecule has 2 rings (SSSR count). The summed E-state index contributed by atoms with van der Waals surface area (Å²) >= 11 is 2.04. The fourth-order valence-electron chi connectivity index (χ4n) is 2.37. The van der Waals surface area contributed by atoms with E-state index in [2.05, 4.69) is 0 Å². The quantitative estimate of drug-likeness (QED) is 0.666. The highest BCUT2D eigenvalue weighted by molar-refractivity contribution is 14.1. The summed E-state index contributed by atoms with van der Waals surface area (Å²) in [6, 6.07) is 3.18. The van der Waals surface area contributed by atoms with Crippen LogP contribution in [-0.4, -0.2) is 49.9 Å². The number of carbonyl (C=O) groups excluding carboxylic acids is 1. The third-order valence-corrected chi connectivity index (χ3v) is 4.34. The molecule has 0 aromatic heterocycles. The molecule has 0 bridgehead atoms. The first kappa shape index (κ1) is 18.1. The summed E-state index contributed by atoms with van der Waals surface area (Å²) in [7, 11) is 1.57. The highest BCUT2D eigenvalue weighted by atomic mass is 127. The number of anilines is 1. The third kappa shape index (κ3) is 4.62. The number of hydrogen-bond donors (Lipinski definition) is 0. The highest BCUT2D eigenvalue weighted by Crippen LogP contribution is 2.30. The molecule has 1 saturated heterocycles. The van der Waals surface area contributed by atoms with E-state index in [0.29, 0.717) is 37.6 Å². The van der Waals surface area contributed by atoms with Crippen LogP contribution in [0.4, 0.5) is 14.9 Å². The summed E-state index contributed by atoms with van der Waals surface area (Å²) in [6.45, 7) is 7.64.